The van der Waals surface area contributed by atoms with E-state index in [0.29, 0.717) is 18.3 Å². The Balaban J connectivity index is 2.19. The average molecular weight is 233 g/mol. The van der Waals surface area contributed by atoms with Gasteiger partial charge in [-0.05, 0) is 51.1 Å². The van der Waals surface area contributed by atoms with Gasteiger partial charge < -0.3 is 5.32 Å². The molecule has 4 nitrogen and oxygen atoms in total. The fourth-order valence-electron chi connectivity index (χ4n) is 2.36. The van der Waals surface area contributed by atoms with Crippen molar-refractivity contribution in [3.63, 3.8) is 0 Å². The minimum atomic E-state index is -0.0880. The van der Waals surface area contributed by atoms with Crippen LogP contribution in [-0.4, -0.2) is 35.9 Å². The molecule has 92 valence electrons. The SMILES string of the molecule is CCNC(=O)c1cc([C@H]2CCCN2C)ccn1. The molecule has 1 atom stereocenters. The minimum absolute atomic E-state index is 0.0880. The van der Waals surface area contributed by atoms with E-state index in [-0.39, 0.29) is 5.91 Å². The van der Waals surface area contributed by atoms with Crippen molar-refractivity contribution in [2.24, 2.45) is 0 Å². The smallest absolute Gasteiger partial charge is 0.269 e. The molecule has 0 bridgehead atoms. The van der Waals surface area contributed by atoms with Gasteiger partial charge in [-0.2, -0.15) is 0 Å². The monoisotopic (exact) mass is 233 g/mol. The molecular weight excluding hydrogens is 214 g/mol. The highest BCUT2D eigenvalue weighted by Gasteiger charge is 2.23. The molecule has 0 aliphatic carbocycles. The van der Waals surface area contributed by atoms with Gasteiger partial charge in [0.2, 0.25) is 0 Å². The van der Waals surface area contributed by atoms with Crippen molar-refractivity contribution in [1.82, 2.24) is 15.2 Å². The number of nitrogens with one attached hydrogen (secondary N) is 1. The van der Waals surface area contributed by atoms with Gasteiger partial charge >= 0.3 is 0 Å². The number of likely N-dealkylation sites (tertiary alicyclic amines) is 1. The molecule has 2 rings (SSSR count). The van der Waals surface area contributed by atoms with Crippen molar-refractivity contribution in [2.45, 2.75) is 25.8 Å². The summed E-state index contributed by atoms with van der Waals surface area (Å²) in [5, 5.41) is 2.78. The largest absolute Gasteiger partial charge is 0.351 e. The fraction of sp³-hybridized carbons (Fsp3) is 0.538. The van der Waals surface area contributed by atoms with Crippen LogP contribution in [0.15, 0.2) is 18.3 Å². The summed E-state index contributed by atoms with van der Waals surface area (Å²) < 4.78 is 0. The maximum absolute atomic E-state index is 11.7. The lowest BCUT2D eigenvalue weighted by Crippen LogP contribution is -2.24. The first-order valence-electron chi connectivity index (χ1n) is 6.16. The molecule has 4 heteroatoms. The highest BCUT2D eigenvalue weighted by molar-refractivity contribution is 5.92. The van der Waals surface area contributed by atoms with Gasteiger partial charge in [-0.1, -0.05) is 0 Å². The summed E-state index contributed by atoms with van der Waals surface area (Å²) in [4.78, 5) is 18.2. The third-order valence-electron chi connectivity index (χ3n) is 3.26. The van der Waals surface area contributed by atoms with Crippen LogP contribution in [0, 0.1) is 0 Å². The molecule has 0 aromatic carbocycles. The quantitative estimate of drug-likeness (QED) is 0.862. The Bertz CT molecular complexity index is 405. The number of amides is 1. The molecule has 1 N–H and O–H groups in total. The Labute approximate surface area is 102 Å². The maximum Gasteiger partial charge on any atom is 0.269 e. The Morgan fingerprint density at radius 1 is 1.65 bits per heavy atom. The highest BCUT2D eigenvalue weighted by atomic mass is 16.1. The molecule has 1 aromatic rings. The van der Waals surface area contributed by atoms with Crippen LogP contribution >= 0.6 is 0 Å². The lowest BCUT2D eigenvalue weighted by molar-refractivity contribution is 0.0950. The van der Waals surface area contributed by atoms with E-state index in [4.69, 9.17) is 0 Å². The second-order valence-corrected chi connectivity index (χ2v) is 4.47. The van der Waals surface area contributed by atoms with E-state index in [2.05, 4.69) is 22.2 Å². The van der Waals surface area contributed by atoms with E-state index in [1.54, 1.807) is 6.20 Å². The molecule has 1 saturated heterocycles. The van der Waals surface area contributed by atoms with Crippen molar-refractivity contribution < 1.29 is 4.79 Å². The van der Waals surface area contributed by atoms with Gasteiger partial charge in [0.05, 0.1) is 0 Å². The normalized spacial score (nSPS) is 20.5. The Kier molecular flexibility index (Phi) is 3.74. The van der Waals surface area contributed by atoms with Crippen molar-refractivity contribution in [3.8, 4) is 0 Å². The number of pyridine rings is 1. The van der Waals surface area contributed by atoms with Gasteiger partial charge in [0.15, 0.2) is 0 Å². The van der Waals surface area contributed by atoms with Crippen LogP contribution in [0.25, 0.3) is 0 Å². The second-order valence-electron chi connectivity index (χ2n) is 4.47. The van der Waals surface area contributed by atoms with Gasteiger partial charge in [-0.15, -0.1) is 0 Å². The van der Waals surface area contributed by atoms with Gasteiger partial charge in [0.1, 0.15) is 5.69 Å². The Morgan fingerprint density at radius 2 is 2.47 bits per heavy atom. The molecule has 1 aromatic heterocycles. The van der Waals surface area contributed by atoms with Crippen molar-refractivity contribution in [3.05, 3.63) is 29.6 Å². The second kappa shape index (κ2) is 5.27. The summed E-state index contributed by atoms with van der Waals surface area (Å²) in [5.74, 6) is -0.0880. The van der Waals surface area contributed by atoms with Crippen molar-refractivity contribution in [2.75, 3.05) is 20.1 Å². The minimum Gasteiger partial charge on any atom is -0.351 e. The molecule has 17 heavy (non-hydrogen) atoms. The number of hydrogen-bond donors (Lipinski definition) is 1. The molecule has 1 aliphatic heterocycles. The van der Waals surface area contributed by atoms with Crippen LogP contribution in [0.4, 0.5) is 0 Å². The van der Waals surface area contributed by atoms with E-state index < -0.39 is 0 Å². The number of carbonyl (C=O) groups excluding carboxylic acids is 1. The van der Waals surface area contributed by atoms with Crippen LogP contribution in [-0.2, 0) is 0 Å². The zero-order valence-corrected chi connectivity index (χ0v) is 10.4. The van der Waals surface area contributed by atoms with Crippen molar-refractivity contribution in [1.29, 1.82) is 0 Å². The van der Waals surface area contributed by atoms with E-state index in [1.165, 1.54) is 12.0 Å². The summed E-state index contributed by atoms with van der Waals surface area (Å²) in [7, 11) is 2.13. The molecule has 1 fully saturated rings. The molecular formula is C13H19N3O. The number of hydrogen-bond acceptors (Lipinski definition) is 3. The third-order valence-corrected chi connectivity index (χ3v) is 3.26. The summed E-state index contributed by atoms with van der Waals surface area (Å²) in [6.45, 7) is 3.67. The van der Waals surface area contributed by atoms with Crippen molar-refractivity contribution >= 4 is 5.91 Å². The Morgan fingerprint density at radius 3 is 3.12 bits per heavy atom. The van der Waals surface area contributed by atoms with E-state index in [0.717, 1.165) is 13.0 Å². The maximum atomic E-state index is 11.7. The van der Waals surface area contributed by atoms with Gasteiger partial charge in [-0.25, -0.2) is 0 Å². The molecule has 0 radical (unpaired) electrons. The standard InChI is InChI=1S/C13H19N3O/c1-3-14-13(17)11-9-10(6-7-15-11)12-5-4-8-16(12)2/h6-7,9,12H,3-5,8H2,1-2H3,(H,14,17)/t12-/m1/s1. The van der Waals surface area contributed by atoms with E-state index in [1.807, 2.05) is 19.1 Å². The molecule has 0 saturated carbocycles. The lowest BCUT2D eigenvalue weighted by atomic mass is 10.1. The number of rotatable bonds is 3. The molecule has 2 heterocycles. The van der Waals surface area contributed by atoms with Crippen LogP contribution < -0.4 is 5.32 Å². The first kappa shape index (κ1) is 12.0. The molecule has 0 spiro atoms. The van der Waals surface area contributed by atoms with Crippen LogP contribution in [0.2, 0.25) is 0 Å². The first-order valence-corrected chi connectivity index (χ1v) is 6.16. The highest BCUT2D eigenvalue weighted by Crippen LogP contribution is 2.30. The third kappa shape index (κ3) is 2.64. The Hall–Kier alpha value is -1.42. The van der Waals surface area contributed by atoms with Crippen LogP contribution in [0.1, 0.15) is 41.9 Å². The van der Waals surface area contributed by atoms with E-state index in [9.17, 15) is 4.79 Å². The predicted molar refractivity (Wildman–Crippen MR) is 66.8 cm³/mol. The molecule has 0 unspecified atom stereocenters. The van der Waals surface area contributed by atoms with Gasteiger partial charge in [0.25, 0.3) is 5.91 Å². The summed E-state index contributed by atoms with van der Waals surface area (Å²) >= 11 is 0. The van der Waals surface area contributed by atoms with Gasteiger partial charge in [-0.3, -0.25) is 14.7 Å². The van der Waals surface area contributed by atoms with E-state index >= 15 is 0 Å². The zero-order chi connectivity index (χ0) is 12.3. The van der Waals surface area contributed by atoms with Crippen LogP contribution in [0.3, 0.4) is 0 Å². The first-order chi connectivity index (χ1) is 8.22. The number of aromatic nitrogens is 1. The molecule has 1 amide bonds. The predicted octanol–water partition coefficient (Wildman–Crippen LogP) is 1.60. The molecule has 1 aliphatic rings. The zero-order valence-electron chi connectivity index (χ0n) is 10.4. The van der Waals surface area contributed by atoms with Crippen LogP contribution in [0.5, 0.6) is 0 Å². The summed E-state index contributed by atoms with van der Waals surface area (Å²) in [5.41, 5.74) is 1.71. The topological polar surface area (TPSA) is 45.2 Å². The van der Waals surface area contributed by atoms with Gasteiger partial charge in [0, 0.05) is 18.8 Å². The lowest BCUT2D eigenvalue weighted by Gasteiger charge is -2.19. The summed E-state index contributed by atoms with van der Waals surface area (Å²) in [6, 6.07) is 4.36. The average Bonchev–Trinajstić information content (AvgIpc) is 2.76. The fourth-order valence-corrected chi connectivity index (χ4v) is 2.36. The summed E-state index contributed by atoms with van der Waals surface area (Å²) in [6.07, 6.45) is 4.11. The number of carbonyl (C=O) groups is 1. The number of nitrogens with zero attached hydrogens (tertiary/aromatic N) is 2.